The van der Waals surface area contributed by atoms with Crippen LogP contribution >= 0.6 is 34.2 Å². The fraction of sp³-hybridized carbons (Fsp3) is 0.462. The van der Waals surface area contributed by atoms with Crippen LogP contribution in [0.1, 0.15) is 32.4 Å². The van der Waals surface area contributed by atoms with Gasteiger partial charge in [0, 0.05) is 5.02 Å². The topological polar surface area (TPSA) is 29.3 Å². The summed E-state index contributed by atoms with van der Waals surface area (Å²) in [6, 6.07) is 7.62. The van der Waals surface area contributed by atoms with E-state index < -0.39 is 5.60 Å². The van der Waals surface area contributed by atoms with Crippen molar-refractivity contribution in [1.29, 1.82) is 0 Å². The zero-order valence-electron chi connectivity index (χ0n) is 10.5. The first kappa shape index (κ1) is 13.9. The third-order valence-corrected chi connectivity index (χ3v) is 4.19. The molecule has 1 heterocycles. The van der Waals surface area contributed by atoms with E-state index in [2.05, 4.69) is 22.6 Å². The van der Waals surface area contributed by atoms with Gasteiger partial charge >= 0.3 is 6.09 Å². The summed E-state index contributed by atoms with van der Waals surface area (Å²) in [4.78, 5) is 13.7. The van der Waals surface area contributed by atoms with Crippen molar-refractivity contribution in [3.63, 3.8) is 0 Å². The number of alkyl halides is 1. The van der Waals surface area contributed by atoms with Crippen LogP contribution in [0.3, 0.4) is 0 Å². The van der Waals surface area contributed by atoms with E-state index in [0.29, 0.717) is 5.02 Å². The molecule has 0 aliphatic carbocycles. The molecule has 0 aromatic heterocycles. The quantitative estimate of drug-likeness (QED) is 0.313. The van der Waals surface area contributed by atoms with Crippen LogP contribution in [0.2, 0.25) is 5.02 Å². The van der Waals surface area contributed by atoms with E-state index in [-0.39, 0.29) is 16.2 Å². The molecule has 98 valence electrons. The second kappa shape index (κ2) is 4.89. The van der Waals surface area contributed by atoms with Crippen LogP contribution < -0.4 is 0 Å². The second-order valence-corrected chi connectivity index (χ2v) is 6.91. The molecule has 0 unspecified atom stereocenters. The van der Waals surface area contributed by atoms with E-state index in [4.69, 9.17) is 16.3 Å². The van der Waals surface area contributed by atoms with Crippen LogP contribution in [0, 0.1) is 0 Å². The molecule has 1 saturated heterocycles. The number of rotatable bonds is 1. The maximum Gasteiger partial charge on any atom is 0.411 e. The van der Waals surface area contributed by atoms with Gasteiger partial charge in [-0.05, 0) is 32.4 Å². The molecule has 2 atom stereocenters. The lowest BCUT2D eigenvalue weighted by molar-refractivity contribution is 0.0404. The summed E-state index contributed by atoms with van der Waals surface area (Å²) in [7, 11) is 0. The van der Waals surface area contributed by atoms with Crippen LogP contribution in [0.5, 0.6) is 0 Å². The minimum Gasteiger partial charge on any atom is -0.444 e. The molecule has 1 amide bonds. The average Bonchev–Trinajstić information content (AvgIpc) is 2.88. The van der Waals surface area contributed by atoms with E-state index in [0.717, 1.165) is 5.56 Å². The van der Waals surface area contributed by atoms with E-state index >= 15 is 0 Å². The number of carbonyl (C=O) groups excluding carboxylic acids is 1. The Morgan fingerprint density at radius 2 is 2.00 bits per heavy atom. The molecule has 0 bridgehead atoms. The number of nitrogens with zero attached hydrogens (tertiary/aromatic N) is 1. The maximum absolute atomic E-state index is 12.0. The van der Waals surface area contributed by atoms with E-state index in [1.807, 2.05) is 45.0 Å². The number of carbonyl (C=O) groups is 1. The van der Waals surface area contributed by atoms with Gasteiger partial charge in [0.15, 0.2) is 0 Å². The smallest absolute Gasteiger partial charge is 0.411 e. The first-order chi connectivity index (χ1) is 8.31. The van der Waals surface area contributed by atoms with Crippen molar-refractivity contribution < 1.29 is 9.53 Å². The Labute approximate surface area is 126 Å². The van der Waals surface area contributed by atoms with Gasteiger partial charge in [-0.15, -0.1) is 0 Å². The average molecular weight is 380 g/mol. The Kier molecular flexibility index (Phi) is 3.78. The van der Waals surface area contributed by atoms with Crippen molar-refractivity contribution in [2.24, 2.45) is 0 Å². The highest BCUT2D eigenvalue weighted by molar-refractivity contribution is 14.1. The summed E-state index contributed by atoms with van der Waals surface area (Å²) in [5.41, 5.74) is 0.505. The predicted octanol–water partition coefficient (Wildman–Crippen LogP) is 4.39. The highest BCUT2D eigenvalue weighted by Crippen LogP contribution is 2.49. The summed E-state index contributed by atoms with van der Waals surface area (Å²) >= 11 is 8.38. The lowest BCUT2D eigenvalue weighted by Crippen LogP contribution is -2.27. The predicted molar refractivity (Wildman–Crippen MR) is 80.1 cm³/mol. The maximum atomic E-state index is 12.0. The Balaban J connectivity index is 2.11. The summed E-state index contributed by atoms with van der Waals surface area (Å²) in [5.74, 6) is 0. The molecule has 18 heavy (non-hydrogen) atoms. The lowest BCUT2D eigenvalue weighted by atomic mass is 10.1. The molecule has 3 nitrogen and oxygen atoms in total. The highest BCUT2D eigenvalue weighted by atomic mass is 127. The summed E-state index contributed by atoms with van der Waals surface area (Å²) < 4.78 is 5.47. The van der Waals surface area contributed by atoms with Crippen LogP contribution in [0.25, 0.3) is 0 Å². The van der Waals surface area contributed by atoms with Crippen molar-refractivity contribution >= 4 is 40.3 Å². The summed E-state index contributed by atoms with van der Waals surface area (Å²) in [5, 5.41) is 0.690. The minimum absolute atomic E-state index is 0.0224. The Morgan fingerprint density at radius 1 is 1.39 bits per heavy atom. The van der Waals surface area contributed by atoms with Crippen molar-refractivity contribution in [3.05, 3.63) is 34.9 Å². The Hall–Kier alpha value is -0.490. The summed E-state index contributed by atoms with van der Waals surface area (Å²) in [6.45, 7) is 5.59. The molecule has 1 aliphatic heterocycles. The van der Waals surface area contributed by atoms with Gasteiger partial charge in [-0.25, -0.2) is 4.79 Å². The second-order valence-electron chi connectivity index (χ2n) is 5.23. The molecule has 0 saturated carbocycles. The van der Waals surface area contributed by atoms with Crippen molar-refractivity contribution in [2.75, 3.05) is 0 Å². The number of ether oxygens (including phenoxy) is 1. The van der Waals surface area contributed by atoms with Gasteiger partial charge in [0.1, 0.15) is 9.65 Å². The molecule has 1 aromatic carbocycles. The van der Waals surface area contributed by atoms with Crippen molar-refractivity contribution in [2.45, 2.75) is 36.5 Å². The lowest BCUT2D eigenvalue weighted by Gasteiger charge is -2.20. The molecule has 5 heteroatoms. The molecule has 1 fully saturated rings. The molecule has 0 radical (unpaired) electrons. The zero-order valence-corrected chi connectivity index (χ0v) is 13.4. The van der Waals surface area contributed by atoms with Gasteiger partial charge in [-0.1, -0.05) is 52.4 Å². The van der Waals surface area contributed by atoms with Crippen LogP contribution in [0.4, 0.5) is 4.79 Å². The summed E-state index contributed by atoms with van der Waals surface area (Å²) in [6.07, 6.45) is -0.285. The normalized spacial score (nSPS) is 22.8. The minimum atomic E-state index is -0.471. The van der Waals surface area contributed by atoms with Crippen molar-refractivity contribution in [1.82, 2.24) is 4.90 Å². The van der Waals surface area contributed by atoms with Gasteiger partial charge in [0.2, 0.25) is 0 Å². The third-order valence-electron chi connectivity index (χ3n) is 2.56. The van der Waals surface area contributed by atoms with Crippen LogP contribution in [-0.4, -0.2) is 20.6 Å². The molecular formula is C13H15ClINO2. The molecule has 1 aromatic rings. The van der Waals surface area contributed by atoms with E-state index in [1.54, 1.807) is 4.90 Å². The number of amides is 1. The first-order valence-electron chi connectivity index (χ1n) is 5.71. The highest BCUT2D eigenvalue weighted by Gasteiger charge is 2.52. The molecule has 0 spiro atoms. The Bertz CT molecular complexity index is 472. The number of benzene rings is 1. The van der Waals surface area contributed by atoms with Gasteiger partial charge in [0.25, 0.3) is 0 Å². The monoisotopic (exact) mass is 379 g/mol. The van der Waals surface area contributed by atoms with Gasteiger partial charge in [-0.3, -0.25) is 4.90 Å². The van der Waals surface area contributed by atoms with Crippen LogP contribution in [-0.2, 0) is 4.74 Å². The van der Waals surface area contributed by atoms with Crippen molar-refractivity contribution in [3.8, 4) is 0 Å². The van der Waals surface area contributed by atoms with Crippen LogP contribution in [0.15, 0.2) is 24.3 Å². The number of hydrogen-bond donors (Lipinski definition) is 0. The largest absolute Gasteiger partial charge is 0.444 e. The molecular weight excluding hydrogens is 365 g/mol. The molecule has 0 N–H and O–H groups in total. The van der Waals surface area contributed by atoms with E-state index in [9.17, 15) is 4.79 Å². The third kappa shape index (κ3) is 2.91. The Morgan fingerprint density at radius 3 is 2.56 bits per heavy atom. The fourth-order valence-electron chi connectivity index (χ4n) is 1.74. The fourth-order valence-corrected chi connectivity index (χ4v) is 3.11. The zero-order chi connectivity index (χ0) is 13.5. The first-order valence-corrected chi connectivity index (χ1v) is 7.33. The van der Waals surface area contributed by atoms with Gasteiger partial charge in [-0.2, -0.15) is 0 Å². The van der Waals surface area contributed by atoms with Gasteiger partial charge < -0.3 is 4.74 Å². The van der Waals surface area contributed by atoms with E-state index in [1.165, 1.54) is 0 Å². The number of halogens is 2. The SMILES string of the molecule is CC(C)(C)OC(=O)N1[C@H](c2ccccc2Cl)[C@@H]1I. The standard InChI is InChI=1S/C13H15ClINO2/c1-13(2,3)18-12(17)16-10(11(16)15)8-6-4-5-7-9(8)14/h4-7,10-11H,1-3H3/t10-,11-,16?/m1/s1. The number of hydrogen-bond acceptors (Lipinski definition) is 2. The molecule has 1 aliphatic rings. The molecule has 2 rings (SSSR count). The van der Waals surface area contributed by atoms with Gasteiger partial charge in [0.05, 0.1) is 6.04 Å².